The number of hydrogen-bond donors (Lipinski definition) is 1. The average molecular weight is 242 g/mol. The van der Waals surface area contributed by atoms with Crippen molar-refractivity contribution in [3.63, 3.8) is 0 Å². The lowest BCUT2D eigenvalue weighted by Gasteiger charge is -2.17. The Morgan fingerprint density at radius 1 is 1.11 bits per heavy atom. The Bertz CT molecular complexity index is 560. The first-order valence-electron chi connectivity index (χ1n) is 6.28. The lowest BCUT2D eigenvalue weighted by Crippen LogP contribution is -2.21. The molecule has 0 unspecified atom stereocenters. The van der Waals surface area contributed by atoms with Crippen molar-refractivity contribution in [2.45, 2.75) is 19.3 Å². The molecule has 3 heterocycles. The molecule has 1 N–H and O–H groups in total. The van der Waals surface area contributed by atoms with Gasteiger partial charge in [0.25, 0.3) is 0 Å². The largest absolute Gasteiger partial charge is 0.355 e. The fourth-order valence-electron chi connectivity index (χ4n) is 2.67. The lowest BCUT2D eigenvalue weighted by atomic mass is 10.1. The maximum atomic E-state index is 4.63. The van der Waals surface area contributed by atoms with Crippen LogP contribution < -0.4 is 4.90 Å². The first kappa shape index (κ1) is 9.99. The molecule has 18 heavy (non-hydrogen) atoms. The fourth-order valence-corrected chi connectivity index (χ4v) is 2.67. The molecule has 1 aliphatic carbocycles. The van der Waals surface area contributed by atoms with Crippen LogP contribution in [0.5, 0.6) is 0 Å². The molecule has 0 aromatic carbocycles. The number of hydrogen-bond acceptors (Lipinski definition) is 5. The fraction of sp³-hybridized carbons (Fsp3) is 0.500. The van der Waals surface area contributed by atoms with Crippen molar-refractivity contribution in [3.8, 4) is 11.4 Å². The minimum atomic E-state index is 0.603. The average Bonchev–Trinajstić information content (AvgIpc) is 2.84. The summed E-state index contributed by atoms with van der Waals surface area (Å²) in [6.45, 7) is 2.22. The van der Waals surface area contributed by atoms with Crippen LogP contribution in [0.15, 0.2) is 18.6 Å². The molecular weight excluding hydrogens is 228 g/mol. The molecule has 1 aliphatic heterocycles. The van der Waals surface area contributed by atoms with Crippen LogP contribution in [-0.4, -0.2) is 38.5 Å². The predicted molar refractivity (Wildman–Crippen MR) is 65.9 cm³/mol. The number of nitrogens with one attached hydrogen (secondary N) is 1. The van der Waals surface area contributed by atoms with Crippen molar-refractivity contribution >= 4 is 5.82 Å². The number of aromatic nitrogens is 5. The van der Waals surface area contributed by atoms with Crippen molar-refractivity contribution in [2.24, 2.45) is 5.41 Å². The highest BCUT2D eigenvalue weighted by Gasteiger charge is 2.47. The summed E-state index contributed by atoms with van der Waals surface area (Å²) in [5.74, 6) is 0.958. The molecule has 92 valence electrons. The predicted octanol–water partition coefficient (Wildman–Crippen LogP) is 1.25. The van der Waals surface area contributed by atoms with E-state index in [2.05, 4.69) is 30.3 Å². The quantitative estimate of drug-likeness (QED) is 0.858. The summed E-state index contributed by atoms with van der Waals surface area (Å²) in [6, 6.07) is 0. The van der Waals surface area contributed by atoms with Gasteiger partial charge in [-0.25, -0.2) is 4.98 Å². The van der Waals surface area contributed by atoms with Crippen molar-refractivity contribution in [1.29, 1.82) is 0 Å². The molecule has 1 saturated heterocycles. The summed E-state index contributed by atoms with van der Waals surface area (Å²) in [4.78, 5) is 11.2. The lowest BCUT2D eigenvalue weighted by molar-refractivity contribution is 0.580. The van der Waals surface area contributed by atoms with E-state index in [0.717, 1.165) is 30.3 Å². The van der Waals surface area contributed by atoms with Crippen molar-refractivity contribution in [2.75, 3.05) is 18.0 Å². The second kappa shape index (κ2) is 3.51. The summed E-state index contributed by atoms with van der Waals surface area (Å²) in [6.07, 6.45) is 9.28. The van der Waals surface area contributed by atoms with Gasteiger partial charge >= 0.3 is 0 Å². The number of anilines is 1. The highest BCUT2D eigenvalue weighted by atomic mass is 15.3. The summed E-state index contributed by atoms with van der Waals surface area (Å²) in [7, 11) is 0. The molecule has 2 fully saturated rings. The molecule has 0 amide bonds. The van der Waals surface area contributed by atoms with Gasteiger partial charge in [0.1, 0.15) is 17.2 Å². The normalized spacial score (nSPS) is 20.6. The van der Waals surface area contributed by atoms with Crippen molar-refractivity contribution in [3.05, 3.63) is 18.6 Å². The number of nitrogens with zero attached hydrogens (tertiary/aromatic N) is 5. The number of aromatic amines is 1. The Morgan fingerprint density at radius 2 is 2.06 bits per heavy atom. The smallest absolute Gasteiger partial charge is 0.147 e. The Hall–Kier alpha value is -1.98. The van der Waals surface area contributed by atoms with Gasteiger partial charge in [0.15, 0.2) is 0 Å². The Morgan fingerprint density at radius 3 is 2.78 bits per heavy atom. The van der Waals surface area contributed by atoms with Crippen LogP contribution in [0.1, 0.15) is 19.3 Å². The first-order valence-corrected chi connectivity index (χ1v) is 6.28. The topological polar surface area (TPSA) is 70.6 Å². The maximum absolute atomic E-state index is 4.63. The summed E-state index contributed by atoms with van der Waals surface area (Å²) in [5, 5.41) is 10.4. The van der Waals surface area contributed by atoms with E-state index in [1.165, 1.54) is 19.3 Å². The third-order valence-electron chi connectivity index (χ3n) is 4.02. The summed E-state index contributed by atoms with van der Waals surface area (Å²) < 4.78 is 0. The molecule has 2 aromatic rings. The van der Waals surface area contributed by atoms with Gasteiger partial charge in [-0.2, -0.15) is 15.4 Å². The van der Waals surface area contributed by atoms with Gasteiger partial charge < -0.3 is 4.90 Å². The highest BCUT2D eigenvalue weighted by molar-refractivity contribution is 5.54. The van der Waals surface area contributed by atoms with Gasteiger partial charge in [-0.15, -0.1) is 0 Å². The molecule has 0 atom stereocenters. The minimum absolute atomic E-state index is 0.603. The Kier molecular flexibility index (Phi) is 1.95. The van der Waals surface area contributed by atoms with E-state index in [9.17, 15) is 0 Å². The van der Waals surface area contributed by atoms with Gasteiger partial charge in [-0.3, -0.25) is 4.98 Å². The van der Waals surface area contributed by atoms with Crippen LogP contribution in [-0.2, 0) is 0 Å². The van der Waals surface area contributed by atoms with Gasteiger partial charge in [0.2, 0.25) is 0 Å². The van der Waals surface area contributed by atoms with Gasteiger partial charge in [0, 0.05) is 13.1 Å². The van der Waals surface area contributed by atoms with Gasteiger partial charge in [-0.05, 0) is 24.7 Å². The zero-order valence-electron chi connectivity index (χ0n) is 10.0. The molecule has 0 bridgehead atoms. The molecule has 2 aromatic heterocycles. The standard InChI is InChI=1S/C12H14N6/c1-2-12(1)3-4-18(8-12)11-7-13-5-9(15-11)10-6-14-17-16-10/h5-7H,1-4,8H2,(H,14,16,17). The molecule has 0 radical (unpaired) electrons. The second-order valence-corrected chi connectivity index (χ2v) is 5.29. The Labute approximate surface area is 104 Å². The van der Waals surface area contributed by atoms with Crippen LogP contribution in [0.25, 0.3) is 11.4 Å². The second-order valence-electron chi connectivity index (χ2n) is 5.29. The van der Waals surface area contributed by atoms with E-state index in [1.807, 2.05) is 6.20 Å². The van der Waals surface area contributed by atoms with Crippen LogP contribution in [0, 0.1) is 5.41 Å². The molecule has 1 spiro atoms. The molecular formula is C12H14N6. The maximum Gasteiger partial charge on any atom is 0.147 e. The van der Waals surface area contributed by atoms with E-state index >= 15 is 0 Å². The van der Waals surface area contributed by atoms with Crippen LogP contribution >= 0.6 is 0 Å². The molecule has 4 rings (SSSR count). The van der Waals surface area contributed by atoms with E-state index in [1.54, 1.807) is 12.4 Å². The molecule has 2 aliphatic rings. The van der Waals surface area contributed by atoms with Crippen molar-refractivity contribution in [1.82, 2.24) is 25.4 Å². The number of H-pyrrole nitrogens is 1. The van der Waals surface area contributed by atoms with E-state index < -0.39 is 0 Å². The summed E-state index contributed by atoms with van der Waals surface area (Å²) >= 11 is 0. The monoisotopic (exact) mass is 242 g/mol. The van der Waals surface area contributed by atoms with Gasteiger partial charge in [-0.1, -0.05) is 0 Å². The molecule has 6 nitrogen and oxygen atoms in total. The SMILES string of the molecule is c1n[nH]nc1-c1cncc(N2CCC3(CC3)C2)n1. The zero-order valence-corrected chi connectivity index (χ0v) is 10.0. The van der Waals surface area contributed by atoms with Crippen LogP contribution in [0.2, 0.25) is 0 Å². The molecule has 6 heteroatoms. The highest BCUT2D eigenvalue weighted by Crippen LogP contribution is 2.53. The number of rotatable bonds is 2. The molecule has 1 saturated carbocycles. The van der Waals surface area contributed by atoms with E-state index in [0.29, 0.717) is 5.41 Å². The zero-order chi connectivity index (χ0) is 12.0. The Balaban J connectivity index is 1.64. The first-order chi connectivity index (χ1) is 8.85. The van der Waals surface area contributed by atoms with Crippen LogP contribution in [0.4, 0.5) is 5.82 Å². The van der Waals surface area contributed by atoms with Crippen LogP contribution in [0.3, 0.4) is 0 Å². The van der Waals surface area contributed by atoms with Gasteiger partial charge in [0.05, 0.1) is 18.6 Å². The van der Waals surface area contributed by atoms with E-state index in [4.69, 9.17) is 0 Å². The third kappa shape index (κ3) is 1.56. The van der Waals surface area contributed by atoms with Crippen molar-refractivity contribution < 1.29 is 0 Å². The van der Waals surface area contributed by atoms with E-state index in [-0.39, 0.29) is 0 Å². The minimum Gasteiger partial charge on any atom is -0.355 e. The summed E-state index contributed by atoms with van der Waals surface area (Å²) in [5.41, 5.74) is 2.12. The third-order valence-corrected chi connectivity index (χ3v) is 4.02.